The summed E-state index contributed by atoms with van der Waals surface area (Å²) in [6.45, 7) is 1.64. The Balaban J connectivity index is 2.30. The van der Waals surface area contributed by atoms with E-state index in [0.29, 0.717) is 12.4 Å². The molecule has 2 N–H and O–H groups in total. The van der Waals surface area contributed by atoms with E-state index in [1.54, 1.807) is 24.3 Å². The molecule has 0 amide bonds. The van der Waals surface area contributed by atoms with E-state index >= 15 is 0 Å². The van der Waals surface area contributed by atoms with E-state index in [1.807, 2.05) is 14.1 Å². The highest BCUT2D eigenvalue weighted by atomic mass is 16.6. The largest absolute Gasteiger partial charge is 0.707 e. The standard InChI is InChI=1S/C11H18BNO4/c1-13(2)8-3-9-16-10-4-6-11(7-5-10)17-12(14)15/h4-7,14-15H,3,8-9H2,1-2H3. The molecule has 0 atom stereocenters. The van der Waals surface area contributed by atoms with Crippen LogP contribution in [0.3, 0.4) is 0 Å². The molecule has 6 heteroatoms. The van der Waals surface area contributed by atoms with Crippen LogP contribution < -0.4 is 9.39 Å². The van der Waals surface area contributed by atoms with Crippen LogP contribution in [0.15, 0.2) is 24.3 Å². The Hall–Kier alpha value is -1.24. The fourth-order valence-electron chi connectivity index (χ4n) is 1.31. The SMILES string of the molecule is CN(C)CCCOc1ccc(OB(O)O)cc1. The van der Waals surface area contributed by atoms with E-state index < -0.39 is 7.32 Å². The lowest BCUT2D eigenvalue weighted by atomic mass is 10.2. The minimum atomic E-state index is -1.79. The third kappa shape index (κ3) is 6.16. The van der Waals surface area contributed by atoms with Crippen molar-refractivity contribution in [3.05, 3.63) is 24.3 Å². The van der Waals surface area contributed by atoms with Gasteiger partial charge in [-0.05, 0) is 44.8 Å². The van der Waals surface area contributed by atoms with Crippen LogP contribution in [-0.2, 0) is 0 Å². The smallest absolute Gasteiger partial charge is 0.512 e. The second kappa shape index (κ2) is 7.16. The first-order valence-corrected chi connectivity index (χ1v) is 5.48. The van der Waals surface area contributed by atoms with Gasteiger partial charge in [-0.1, -0.05) is 0 Å². The summed E-state index contributed by atoms with van der Waals surface area (Å²) in [4.78, 5) is 2.10. The van der Waals surface area contributed by atoms with Crippen LogP contribution in [0.5, 0.6) is 11.5 Å². The summed E-state index contributed by atoms with van der Waals surface area (Å²) in [5.41, 5.74) is 0. The number of ether oxygens (including phenoxy) is 1. The molecule has 0 spiro atoms. The molecule has 0 heterocycles. The van der Waals surface area contributed by atoms with Crippen molar-refractivity contribution in [1.29, 1.82) is 0 Å². The number of benzene rings is 1. The number of hydrogen-bond acceptors (Lipinski definition) is 5. The molecule has 94 valence electrons. The molecule has 5 nitrogen and oxygen atoms in total. The molecular formula is C11H18BNO4. The first kappa shape index (κ1) is 13.8. The zero-order chi connectivity index (χ0) is 12.7. The quantitative estimate of drug-likeness (QED) is 0.531. The van der Waals surface area contributed by atoms with Crippen LogP contribution in [0.4, 0.5) is 0 Å². The van der Waals surface area contributed by atoms with Crippen molar-refractivity contribution in [2.75, 3.05) is 27.2 Å². The Morgan fingerprint density at radius 2 is 1.71 bits per heavy atom. The Kier molecular flexibility index (Phi) is 5.83. The molecule has 0 fully saturated rings. The van der Waals surface area contributed by atoms with Gasteiger partial charge in [0.2, 0.25) is 0 Å². The number of rotatable bonds is 7. The molecule has 17 heavy (non-hydrogen) atoms. The van der Waals surface area contributed by atoms with Gasteiger partial charge in [0, 0.05) is 6.54 Å². The fourth-order valence-corrected chi connectivity index (χ4v) is 1.31. The van der Waals surface area contributed by atoms with E-state index in [9.17, 15) is 0 Å². The molecule has 0 unspecified atom stereocenters. The van der Waals surface area contributed by atoms with Crippen molar-refractivity contribution < 1.29 is 19.4 Å². The van der Waals surface area contributed by atoms with Gasteiger partial charge in [0.1, 0.15) is 11.5 Å². The first-order chi connectivity index (χ1) is 8.08. The average Bonchev–Trinajstić information content (AvgIpc) is 2.25. The highest BCUT2D eigenvalue weighted by Gasteiger charge is 2.10. The minimum Gasteiger partial charge on any atom is -0.512 e. The Morgan fingerprint density at radius 1 is 1.12 bits per heavy atom. The van der Waals surface area contributed by atoms with Crippen LogP contribution in [0, 0.1) is 0 Å². The van der Waals surface area contributed by atoms with Gasteiger partial charge in [0.25, 0.3) is 0 Å². The van der Waals surface area contributed by atoms with Gasteiger partial charge < -0.3 is 24.3 Å². The lowest BCUT2D eigenvalue weighted by molar-refractivity contribution is 0.279. The van der Waals surface area contributed by atoms with Crippen molar-refractivity contribution in [1.82, 2.24) is 4.90 Å². The van der Waals surface area contributed by atoms with Crippen molar-refractivity contribution in [3.63, 3.8) is 0 Å². The maximum atomic E-state index is 8.60. The summed E-state index contributed by atoms with van der Waals surface area (Å²) in [6.07, 6.45) is 0.959. The molecule has 0 aliphatic heterocycles. The molecule has 0 aliphatic carbocycles. The summed E-state index contributed by atoms with van der Waals surface area (Å²) in [6, 6.07) is 6.71. The molecule has 0 bridgehead atoms. The Morgan fingerprint density at radius 3 is 2.24 bits per heavy atom. The highest BCUT2D eigenvalue weighted by molar-refractivity contribution is 6.33. The first-order valence-electron chi connectivity index (χ1n) is 5.48. The molecule has 0 aromatic heterocycles. The predicted octanol–water partition coefficient (Wildman–Crippen LogP) is 0.365. The van der Waals surface area contributed by atoms with Gasteiger partial charge in [-0.3, -0.25) is 0 Å². The van der Waals surface area contributed by atoms with Crippen LogP contribution >= 0.6 is 0 Å². The van der Waals surface area contributed by atoms with Gasteiger partial charge in [-0.25, -0.2) is 0 Å². The summed E-state index contributed by atoms with van der Waals surface area (Å²) in [5.74, 6) is 1.13. The van der Waals surface area contributed by atoms with Gasteiger partial charge in [-0.2, -0.15) is 0 Å². The van der Waals surface area contributed by atoms with Crippen molar-refractivity contribution in [2.24, 2.45) is 0 Å². The maximum absolute atomic E-state index is 8.60. The summed E-state index contributed by atoms with van der Waals surface area (Å²) < 4.78 is 10.2. The molecule has 0 radical (unpaired) electrons. The van der Waals surface area contributed by atoms with Crippen molar-refractivity contribution >= 4 is 7.32 Å². The maximum Gasteiger partial charge on any atom is 0.707 e. The second-order valence-corrected chi connectivity index (χ2v) is 3.92. The zero-order valence-corrected chi connectivity index (χ0v) is 10.2. The Labute approximate surface area is 102 Å². The van der Waals surface area contributed by atoms with Gasteiger partial charge in [-0.15, -0.1) is 0 Å². The molecule has 0 saturated heterocycles. The number of hydrogen-bond donors (Lipinski definition) is 2. The van der Waals surface area contributed by atoms with Crippen LogP contribution in [0.1, 0.15) is 6.42 Å². The van der Waals surface area contributed by atoms with E-state index in [2.05, 4.69) is 9.55 Å². The summed E-state index contributed by atoms with van der Waals surface area (Å²) in [7, 11) is 2.25. The normalized spacial score (nSPS) is 10.4. The lowest BCUT2D eigenvalue weighted by Crippen LogP contribution is -2.20. The zero-order valence-electron chi connectivity index (χ0n) is 10.2. The van der Waals surface area contributed by atoms with Crippen molar-refractivity contribution in [2.45, 2.75) is 6.42 Å². The molecular weight excluding hydrogens is 221 g/mol. The molecule has 1 aromatic carbocycles. The monoisotopic (exact) mass is 239 g/mol. The number of nitrogens with zero attached hydrogens (tertiary/aromatic N) is 1. The fraction of sp³-hybridized carbons (Fsp3) is 0.455. The third-order valence-electron chi connectivity index (χ3n) is 2.08. The van der Waals surface area contributed by atoms with Crippen LogP contribution in [-0.4, -0.2) is 49.5 Å². The Bertz CT molecular complexity index is 316. The molecule has 1 aromatic rings. The molecule has 1 rings (SSSR count). The minimum absolute atomic E-state index is 0.389. The highest BCUT2D eigenvalue weighted by Crippen LogP contribution is 2.17. The van der Waals surface area contributed by atoms with Crippen molar-refractivity contribution in [3.8, 4) is 11.5 Å². The topological polar surface area (TPSA) is 62.2 Å². The average molecular weight is 239 g/mol. The van der Waals surface area contributed by atoms with Gasteiger partial charge >= 0.3 is 7.32 Å². The van der Waals surface area contributed by atoms with Crippen LogP contribution in [0.25, 0.3) is 0 Å². The predicted molar refractivity (Wildman–Crippen MR) is 65.9 cm³/mol. The van der Waals surface area contributed by atoms with E-state index in [0.717, 1.165) is 18.7 Å². The van der Waals surface area contributed by atoms with Crippen LogP contribution in [0.2, 0.25) is 0 Å². The van der Waals surface area contributed by atoms with E-state index in [1.165, 1.54) is 0 Å². The molecule has 0 saturated carbocycles. The van der Waals surface area contributed by atoms with E-state index in [-0.39, 0.29) is 0 Å². The molecule has 0 aliphatic rings. The summed E-state index contributed by atoms with van der Waals surface area (Å²) >= 11 is 0. The van der Waals surface area contributed by atoms with E-state index in [4.69, 9.17) is 14.8 Å². The lowest BCUT2D eigenvalue weighted by Gasteiger charge is -2.11. The second-order valence-electron chi connectivity index (χ2n) is 3.92. The summed E-state index contributed by atoms with van der Waals surface area (Å²) in [5, 5.41) is 17.2. The van der Waals surface area contributed by atoms with Gasteiger partial charge in [0.15, 0.2) is 0 Å². The third-order valence-corrected chi connectivity index (χ3v) is 2.08. The van der Waals surface area contributed by atoms with Gasteiger partial charge in [0.05, 0.1) is 6.61 Å².